The highest BCUT2D eigenvalue weighted by molar-refractivity contribution is 7.07. The van der Waals surface area contributed by atoms with E-state index in [1.165, 1.54) is 7.11 Å². The van der Waals surface area contributed by atoms with E-state index in [0.717, 1.165) is 5.56 Å². The molecule has 1 aromatic heterocycles. The van der Waals surface area contributed by atoms with Crippen LogP contribution in [0.1, 0.15) is 12.5 Å². The summed E-state index contributed by atoms with van der Waals surface area (Å²) in [6.45, 7) is 3.21. The molecule has 0 aliphatic heterocycles. The molecule has 0 saturated carbocycles. The van der Waals surface area contributed by atoms with Gasteiger partial charge in [0.15, 0.2) is 0 Å². The van der Waals surface area contributed by atoms with Gasteiger partial charge in [0.25, 0.3) is 0 Å². The summed E-state index contributed by atoms with van der Waals surface area (Å²) in [5, 5.41) is 4.03. The van der Waals surface area contributed by atoms with Crippen molar-refractivity contribution in [3.63, 3.8) is 0 Å². The molecule has 0 N–H and O–H groups in total. The number of carbonyl (C=O) groups excluding carboxylic acids is 2. The number of thiophene rings is 1. The highest BCUT2D eigenvalue weighted by Gasteiger charge is 2.18. The lowest BCUT2D eigenvalue weighted by Gasteiger charge is -2.23. The minimum atomic E-state index is -0.254. The van der Waals surface area contributed by atoms with Crippen molar-refractivity contribution in [2.24, 2.45) is 5.92 Å². The molecule has 20 heavy (non-hydrogen) atoms. The van der Waals surface area contributed by atoms with Crippen LogP contribution in [-0.2, 0) is 20.9 Å². The number of hydrogen-bond acceptors (Lipinski definition) is 5. The Hall–Kier alpha value is -1.40. The van der Waals surface area contributed by atoms with Gasteiger partial charge in [-0.15, -0.1) is 0 Å². The summed E-state index contributed by atoms with van der Waals surface area (Å²) in [5.74, 6) is -0.452. The number of amides is 1. The van der Waals surface area contributed by atoms with E-state index < -0.39 is 0 Å². The zero-order chi connectivity index (χ0) is 15.1. The van der Waals surface area contributed by atoms with E-state index in [2.05, 4.69) is 4.74 Å². The molecule has 0 bridgehead atoms. The first-order chi connectivity index (χ1) is 9.43. The minimum absolute atomic E-state index is 0.0377. The van der Waals surface area contributed by atoms with Crippen LogP contribution in [0.5, 0.6) is 0 Å². The van der Waals surface area contributed by atoms with Crippen LogP contribution in [0.15, 0.2) is 16.8 Å². The Bertz CT molecular complexity index is 434. The Morgan fingerprint density at radius 2 is 2.10 bits per heavy atom. The van der Waals surface area contributed by atoms with Gasteiger partial charge in [0.2, 0.25) is 5.91 Å². The molecule has 0 fully saturated rings. The predicted octanol–water partition coefficient (Wildman–Crippen LogP) is 1.45. The largest absolute Gasteiger partial charge is 0.469 e. The molecule has 1 rings (SSSR count). The summed E-state index contributed by atoms with van der Waals surface area (Å²) in [7, 11) is 4.99. The number of likely N-dealkylation sites (N-methyl/N-ethyl adjacent to an activating group) is 2. The fourth-order valence-electron chi connectivity index (χ4n) is 1.90. The molecule has 1 amide bonds. The quantitative estimate of drug-likeness (QED) is 0.715. The molecule has 0 aromatic carbocycles. The smallest absolute Gasteiger partial charge is 0.309 e. The molecule has 0 radical (unpaired) electrons. The Morgan fingerprint density at radius 3 is 2.65 bits per heavy atom. The predicted molar refractivity (Wildman–Crippen MR) is 79.5 cm³/mol. The molecule has 5 nitrogen and oxygen atoms in total. The monoisotopic (exact) mass is 298 g/mol. The lowest BCUT2D eigenvalue weighted by molar-refractivity contribution is -0.146. The maximum atomic E-state index is 12.1. The van der Waals surface area contributed by atoms with Crippen molar-refractivity contribution >= 4 is 23.2 Å². The maximum Gasteiger partial charge on any atom is 0.309 e. The van der Waals surface area contributed by atoms with Crippen LogP contribution < -0.4 is 0 Å². The van der Waals surface area contributed by atoms with E-state index in [0.29, 0.717) is 19.6 Å². The molecule has 1 unspecified atom stereocenters. The number of ether oxygens (including phenoxy) is 1. The summed E-state index contributed by atoms with van der Waals surface area (Å²) in [4.78, 5) is 26.9. The van der Waals surface area contributed by atoms with Gasteiger partial charge in [-0.1, -0.05) is 6.92 Å². The van der Waals surface area contributed by atoms with Crippen molar-refractivity contribution in [1.29, 1.82) is 0 Å². The fourth-order valence-corrected chi connectivity index (χ4v) is 2.56. The third-order valence-electron chi connectivity index (χ3n) is 3.02. The van der Waals surface area contributed by atoms with Crippen molar-refractivity contribution < 1.29 is 14.3 Å². The first-order valence-electron chi connectivity index (χ1n) is 6.45. The maximum absolute atomic E-state index is 12.1. The van der Waals surface area contributed by atoms with Crippen molar-refractivity contribution in [3.05, 3.63) is 22.4 Å². The molecule has 0 aliphatic rings. The van der Waals surface area contributed by atoms with Crippen LogP contribution in [0.3, 0.4) is 0 Å². The minimum Gasteiger partial charge on any atom is -0.469 e. The summed E-state index contributed by atoms with van der Waals surface area (Å²) < 4.78 is 4.68. The molecule has 0 spiro atoms. The Morgan fingerprint density at radius 1 is 1.40 bits per heavy atom. The second-order valence-electron chi connectivity index (χ2n) is 5.00. The molecule has 0 aliphatic carbocycles. The van der Waals surface area contributed by atoms with E-state index >= 15 is 0 Å². The van der Waals surface area contributed by atoms with Gasteiger partial charge < -0.3 is 9.64 Å². The van der Waals surface area contributed by atoms with E-state index in [1.54, 1.807) is 30.2 Å². The van der Waals surface area contributed by atoms with Crippen LogP contribution in [0.4, 0.5) is 0 Å². The molecule has 1 heterocycles. The van der Waals surface area contributed by atoms with Gasteiger partial charge in [-0.05, 0) is 29.4 Å². The standard InChI is InChI=1S/C14H22N2O3S/c1-11(14(18)19-4)7-15(2)9-13(17)16(3)8-12-5-6-20-10-12/h5-6,10-11H,7-9H2,1-4H3. The normalized spacial score (nSPS) is 12.2. The Kier molecular flexibility index (Phi) is 6.67. The van der Waals surface area contributed by atoms with Crippen molar-refractivity contribution in [2.75, 3.05) is 34.3 Å². The molecule has 1 aromatic rings. The Balaban J connectivity index is 2.38. The van der Waals surface area contributed by atoms with Gasteiger partial charge in [0, 0.05) is 20.1 Å². The van der Waals surface area contributed by atoms with Crippen molar-refractivity contribution in [2.45, 2.75) is 13.5 Å². The van der Waals surface area contributed by atoms with E-state index in [9.17, 15) is 9.59 Å². The number of nitrogens with zero attached hydrogens (tertiary/aromatic N) is 2. The highest BCUT2D eigenvalue weighted by atomic mass is 32.1. The second-order valence-corrected chi connectivity index (χ2v) is 5.78. The summed E-state index contributed by atoms with van der Waals surface area (Å²) in [6, 6.07) is 2.01. The Labute approximate surface area is 124 Å². The molecular weight excluding hydrogens is 276 g/mol. The second kappa shape index (κ2) is 8.01. The number of rotatable bonds is 7. The molecule has 6 heteroatoms. The van der Waals surface area contributed by atoms with E-state index in [4.69, 9.17) is 0 Å². The summed E-state index contributed by atoms with van der Waals surface area (Å²) in [6.07, 6.45) is 0. The first-order valence-corrected chi connectivity index (χ1v) is 7.39. The first kappa shape index (κ1) is 16.7. The third kappa shape index (κ3) is 5.30. The average Bonchev–Trinajstić information content (AvgIpc) is 2.90. The van der Waals surface area contributed by atoms with Crippen LogP contribution in [0, 0.1) is 5.92 Å². The molecular formula is C14H22N2O3S. The summed E-state index contributed by atoms with van der Waals surface area (Å²) in [5.41, 5.74) is 1.14. The SMILES string of the molecule is COC(=O)C(C)CN(C)CC(=O)N(C)Cc1ccsc1. The van der Waals surface area contributed by atoms with Gasteiger partial charge >= 0.3 is 5.97 Å². The van der Waals surface area contributed by atoms with Crippen molar-refractivity contribution in [3.8, 4) is 0 Å². The van der Waals surface area contributed by atoms with E-state index in [1.807, 2.05) is 28.8 Å². The van der Waals surface area contributed by atoms with Crippen molar-refractivity contribution in [1.82, 2.24) is 9.80 Å². The van der Waals surface area contributed by atoms with Crippen LogP contribution in [0.25, 0.3) is 0 Å². The zero-order valence-electron chi connectivity index (χ0n) is 12.5. The van der Waals surface area contributed by atoms with Gasteiger partial charge in [-0.3, -0.25) is 14.5 Å². The number of hydrogen-bond donors (Lipinski definition) is 0. The van der Waals surface area contributed by atoms with Gasteiger partial charge in [-0.2, -0.15) is 11.3 Å². The average molecular weight is 298 g/mol. The zero-order valence-corrected chi connectivity index (χ0v) is 13.3. The molecule has 112 valence electrons. The lowest BCUT2D eigenvalue weighted by Crippen LogP contribution is -2.39. The van der Waals surface area contributed by atoms with Crippen LogP contribution in [0.2, 0.25) is 0 Å². The number of esters is 1. The van der Waals surface area contributed by atoms with Gasteiger partial charge in [0.05, 0.1) is 19.6 Å². The number of methoxy groups -OCH3 is 1. The van der Waals surface area contributed by atoms with Crippen LogP contribution >= 0.6 is 11.3 Å². The van der Waals surface area contributed by atoms with Gasteiger partial charge in [0.1, 0.15) is 0 Å². The van der Waals surface area contributed by atoms with Gasteiger partial charge in [-0.25, -0.2) is 0 Å². The summed E-state index contributed by atoms with van der Waals surface area (Å²) >= 11 is 1.62. The third-order valence-corrected chi connectivity index (χ3v) is 3.75. The molecule has 1 atom stereocenters. The van der Waals surface area contributed by atoms with E-state index in [-0.39, 0.29) is 17.8 Å². The highest BCUT2D eigenvalue weighted by Crippen LogP contribution is 2.09. The fraction of sp³-hybridized carbons (Fsp3) is 0.571. The lowest BCUT2D eigenvalue weighted by atomic mass is 10.2. The molecule has 0 saturated heterocycles. The van der Waals surface area contributed by atoms with Crippen LogP contribution in [-0.4, -0.2) is 56.0 Å². The topological polar surface area (TPSA) is 49.9 Å². The number of carbonyl (C=O) groups is 2.